The molecule has 0 aromatic heterocycles. The second kappa shape index (κ2) is 9.42. The molecule has 0 bridgehead atoms. The van der Waals surface area contributed by atoms with Crippen molar-refractivity contribution in [2.75, 3.05) is 39.3 Å². The summed E-state index contributed by atoms with van der Waals surface area (Å²) < 4.78 is 0. The first kappa shape index (κ1) is 16.8. The number of aliphatic hydroxyl groups excluding tert-OH is 1. The van der Waals surface area contributed by atoms with Crippen LogP contribution in [0.1, 0.15) is 57.8 Å². The van der Waals surface area contributed by atoms with E-state index in [0.717, 1.165) is 51.2 Å². The van der Waals surface area contributed by atoms with Gasteiger partial charge in [0.05, 0.1) is 0 Å². The van der Waals surface area contributed by atoms with Crippen LogP contribution in [0, 0.1) is 5.92 Å². The number of carbonyl (C=O) groups is 1. The van der Waals surface area contributed by atoms with Crippen molar-refractivity contribution in [2.45, 2.75) is 57.8 Å². The number of hydrogen-bond donors (Lipinski definition) is 1. The van der Waals surface area contributed by atoms with Crippen LogP contribution < -0.4 is 0 Å². The third-order valence-corrected chi connectivity index (χ3v) is 5.07. The lowest BCUT2D eigenvalue weighted by molar-refractivity contribution is -0.132. The van der Waals surface area contributed by atoms with E-state index < -0.39 is 0 Å². The highest BCUT2D eigenvalue weighted by atomic mass is 16.3. The molecule has 0 unspecified atom stereocenters. The van der Waals surface area contributed by atoms with Crippen LogP contribution in [0.3, 0.4) is 0 Å². The quantitative estimate of drug-likeness (QED) is 0.733. The Hall–Kier alpha value is -0.610. The number of rotatable bonds is 7. The molecule has 2 rings (SSSR count). The minimum Gasteiger partial charge on any atom is -0.396 e. The molecule has 1 amide bonds. The third kappa shape index (κ3) is 5.95. The van der Waals surface area contributed by atoms with Gasteiger partial charge in [0.2, 0.25) is 5.91 Å². The molecule has 2 saturated heterocycles. The minimum atomic E-state index is 0.337. The highest BCUT2D eigenvalue weighted by Gasteiger charge is 2.19. The predicted octanol–water partition coefficient (Wildman–Crippen LogP) is 2.26. The van der Waals surface area contributed by atoms with Gasteiger partial charge in [-0.25, -0.2) is 0 Å². The van der Waals surface area contributed by atoms with E-state index in [-0.39, 0.29) is 0 Å². The van der Waals surface area contributed by atoms with Crippen LogP contribution in [0.4, 0.5) is 0 Å². The molecule has 0 aromatic rings. The normalized spacial score (nSPS) is 21.7. The number of likely N-dealkylation sites (tertiary alicyclic amines) is 2. The summed E-state index contributed by atoms with van der Waals surface area (Å²) in [4.78, 5) is 16.6. The van der Waals surface area contributed by atoms with Crippen LogP contribution in [0.5, 0.6) is 0 Å². The third-order valence-electron chi connectivity index (χ3n) is 5.07. The van der Waals surface area contributed by atoms with Crippen molar-refractivity contribution in [1.82, 2.24) is 9.80 Å². The summed E-state index contributed by atoms with van der Waals surface area (Å²) in [6.07, 6.45) is 10.0. The zero-order valence-electron chi connectivity index (χ0n) is 13.4. The number of unbranched alkanes of at least 4 members (excludes halogenated alkanes) is 1. The molecule has 0 saturated carbocycles. The lowest BCUT2D eigenvalue weighted by Crippen LogP contribution is -2.36. The molecule has 0 radical (unpaired) electrons. The molecule has 4 heteroatoms. The largest absolute Gasteiger partial charge is 0.396 e. The second-order valence-electron chi connectivity index (χ2n) is 6.70. The molecule has 1 N–H and O–H groups in total. The SMILES string of the molecule is O=C(CCCCN1CCC(CCO)CC1)N1CCCCC1. The van der Waals surface area contributed by atoms with Gasteiger partial charge in [-0.1, -0.05) is 0 Å². The lowest BCUT2D eigenvalue weighted by atomic mass is 9.94. The summed E-state index contributed by atoms with van der Waals surface area (Å²) in [5, 5.41) is 8.97. The molecule has 0 aliphatic carbocycles. The summed E-state index contributed by atoms with van der Waals surface area (Å²) in [7, 11) is 0. The first-order valence-electron chi connectivity index (χ1n) is 8.90. The van der Waals surface area contributed by atoms with Gasteiger partial charge in [0.15, 0.2) is 0 Å². The van der Waals surface area contributed by atoms with E-state index in [1.54, 1.807) is 0 Å². The number of hydrogen-bond acceptors (Lipinski definition) is 3. The fourth-order valence-electron chi connectivity index (χ4n) is 3.59. The smallest absolute Gasteiger partial charge is 0.222 e. The molecule has 0 aromatic carbocycles. The van der Waals surface area contributed by atoms with E-state index in [9.17, 15) is 4.79 Å². The highest BCUT2D eigenvalue weighted by Crippen LogP contribution is 2.20. The van der Waals surface area contributed by atoms with Crippen molar-refractivity contribution >= 4 is 5.91 Å². The van der Waals surface area contributed by atoms with Gasteiger partial charge in [-0.05, 0) is 76.9 Å². The van der Waals surface area contributed by atoms with Gasteiger partial charge in [-0.2, -0.15) is 0 Å². The molecule has 122 valence electrons. The minimum absolute atomic E-state index is 0.337. The first-order valence-corrected chi connectivity index (χ1v) is 8.90. The molecule has 0 atom stereocenters. The van der Waals surface area contributed by atoms with Crippen LogP contribution in [0.2, 0.25) is 0 Å². The van der Waals surface area contributed by atoms with Gasteiger partial charge in [-0.15, -0.1) is 0 Å². The standard InChI is InChI=1S/C17H32N2O2/c20-15-9-16-7-13-18(14-8-16)10-5-2-6-17(21)19-11-3-1-4-12-19/h16,20H,1-15H2. The van der Waals surface area contributed by atoms with Crippen molar-refractivity contribution in [2.24, 2.45) is 5.92 Å². The summed E-state index contributed by atoms with van der Waals surface area (Å²) >= 11 is 0. The fourth-order valence-corrected chi connectivity index (χ4v) is 3.59. The lowest BCUT2D eigenvalue weighted by Gasteiger charge is -2.31. The van der Waals surface area contributed by atoms with Crippen LogP contribution in [-0.2, 0) is 4.79 Å². The maximum atomic E-state index is 12.1. The van der Waals surface area contributed by atoms with Gasteiger partial charge in [0.1, 0.15) is 0 Å². The Morgan fingerprint density at radius 3 is 2.38 bits per heavy atom. The van der Waals surface area contributed by atoms with E-state index in [1.807, 2.05) is 0 Å². The monoisotopic (exact) mass is 296 g/mol. The zero-order valence-corrected chi connectivity index (χ0v) is 13.4. The molecule has 21 heavy (non-hydrogen) atoms. The number of aliphatic hydroxyl groups is 1. The Morgan fingerprint density at radius 2 is 1.71 bits per heavy atom. The number of carbonyl (C=O) groups excluding carboxylic acids is 1. The molecule has 2 fully saturated rings. The zero-order chi connectivity index (χ0) is 14.9. The molecule has 2 heterocycles. The average Bonchev–Trinajstić information content (AvgIpc) is 2.54. The van der Waals surface area contributed by atoms with E-state index in [4.69, 9.17) is 5.11 Å². The van der Waals surface area contributed by atoms with Crippen LogP contribution in [-0.4, -0.2) is 60.1 Å². The molecule has 2 aliphatic heterocycles. The molecule has 4 nitrogen and oxygen atoms in total. The number of nitrogens with zero attached hydrogens (tertiary/aromatic N) is 2. The molecular formula is C17H32N2O2. The maximum absolute atomic E-state index is 12.1. The topological polar surface area (TPSA) is 43.8 Å². The molecular weight excluding hydrogens is 264 g/mol. The maximum Gasteiger partial charge on any atom is 0.222 e. The van der Waals surface area contributed by atoms with Crippen molar-refractivity contribution < 1.29 is 9.90 Å². The predicted molar refractivity (Wildman–Crippen MR) is 85.1 cm³/mol. The Labute approximate surface area is 129 Å². The Morgan fingerprint density at radius 1 is 1.00 bits per heavy atom. The highest BCUT2D eigenvalue weighted by molar-refractivity contribution is 5.76. The Balaban J connectivity index is 1.51. The van der Waals surface area contributed by atoms with Gasteiger partial charge >= 0.3 is 0 Å². The van der Waals surface area contributed by atoms with Gasteiger partial charge in [0.25, 0.3) is 0 Å². The van der Waals surface area contributed by atoms with Crippen molar-refractivity contribution in [3.05, 3.63) is 0 Å². The van der Waals surface area contributed by atoms with Gasteiger partial charge in [-0.3, -0.25) is 4.79 Å². The summed E-state index contributed by atoms with van der Waals surface area (Å²) in [6, 6.07) is 0. The van der Waals surface area contributed by atoms with E-state index >= 15 is 0 Å². The second-order valence-corrected chi connectivity index (χ2v) is 6.70. The number of amides is 1. The molecule has 2 aliphatic rings. The van der Waals surface area contributed by atoms with Crippen molar-refractivity contribution in [1.29, 1.82) is 0 Å². The van der Waals surface area contributed by atoms with E-state index in [2.05, 4.69) is 9.80 Å². The van der Waals surface area contributed by atoms with Crippen LogP contribution in [0.15, 0.2) is 0 Å². The first-order chi connectivity index (χ1) is 10.3. The summed E-state index contributed by atoms with van der Waals surface area (Å²) in [5.41, 5.74) is 0. The molecule has 0 spiro atoms. The average molecular weight is 296 g/mol. The Kier molecular flexibility index (Phi) is 7.51. The van der Waals surface area contributed by atoms with E-state index in [1.165, 1.54) is 45.2 Å². The van der Waals surface area contributed by atoms with Gasteiger partial charge in [0, 0.05) is 26.1 Å². The van der Waals surface area contributed by atoms with Crippen LogP contribution >= 0.6 is 0 Å². The summed E-state index contributed by atoms with van der Waals surface area (Å²) in [5.74, 6) is 1.10. The van der Waals surface area contributed by atoms with Crippen molar-refractivity contribution in [3.8, 4) is 0 Å². The van der Waals surface area contributed by atoms with Gasteiger partial charge < -0.3 is 14.9 Å². The van der Waals surface area contributed by atoms with E-state index in [0.29, 0.717) is 12.5 Å². The fraction of sp³-hybridized carbons (Fsp3) is 0.941. The summed E-state index contributed by atoms with van der Waals surface area (Å²) in [6.45, 7) is 5.78. The van der Waals surface area contributed by atoms with Crippen molar-refractivity contribution in [3.63, 3.8) is 0 Å². The Bertz CT molecular complexity index is 295. The van der Waals surface area contributed by atoms with Crippen LogP contribution in [0.25, 0.3) is 0 Å². The number of piperidine rings is 2.